The van der Waals surface area contributed by atoms with Crippen molar-refractivity contribution in [3.05, 3.63) is 30.1 Å². The standard InChI is InChI=1S/C7H7FN2O2/c8-5-3-1-2-4-6(5)12-7(11)10-9/h1-4H,9H2,(H,10,11). The van der Waals surface area contributed by atoms with Crippen molar-refractivity contribution >= 4 is 6.09 Å². The van der Waals surface area contributed by atoms with Crippen molar-refractivity contribution in [3.63, 3.8) is 0 Å². The van der Waals surface area contributed by atoms with Crippen LogP contribution in [0, 0.1) is 5.82 Å². The summed E-state index contributed by atoms with van der Waals surface area (Å²) in [4.78, 5) is 10.5. The Morgan fingerprint density at radius 2 is 2.17 bits per heavy atom. The zero-order valence-corrected chi connectivity index (χ0v) is 6.08. The Morgan fingerprint density at radius 3 is 2.75 bits per heavy atom. The van der Waals surface area contributed by atoms with E-state index < -0.39 is 11.9 Å². The van der Waals surface area contributed by atoms with Crippen LogP contribution in [-0.4, -0.2) is 6.09 Å². The first-order valence-corrected chi connectivity index (χ1v) is 3.17. The van der Waals surface area contributed by atoms with E-state index in [1.807, 2.05) is 0 Å². The SMILES string of the molecule is NNC(=O)Oc1ccccc1F. The molecule has 0 aliphatic rings. The average Bonchev–Trinajstić information content (AvgIpc) is 2.09. The third-order valence-electron chi connectivity index (χ3n) is 1.16. The molecular formula is C7H7FN2O2. The van der Waals surface area contributed by atoms with Gasteiger partial charge in [0.15, 0.2) is 11.6 Å². The topological polar surface area (TPSA) is 64.3 Å². The maximum absolute atomic E-state index is 12.7. The van der Waals surface area contributed by atoms with Crippen LogP contribution in [0.4, 0.5) is 9.18 Å². The third kappa shape index (κ3) is 1.93. The molecule has 0 aliphatic carbocycles. The number of ether oxygens (including phenoxy) is 1. The van der Waals surface area contributed by atoms with Gasteiger partial charge >= 0.3 is 6.09 Å². The summed E-state index contributed by atoms with van der Waals surface area (Å²) in [6.45, 7) is 0. The van der Waals surface area contributed by atoms with E-state index in [9.17, 15) is 9.18 Å². The minimum atomic E-state index is -0.903. The summed E-state index contributed by atoms with van der Waals surface area (Å²) in [5, 5.41) is 0. The number of nitrogens with two attached hydrogens (primary N) is 1. The molecule has 1 rings (SSSR count). The van der Waals surface area contributed by atoms with Gasteiger partial charge < -0.3 is 4.74 Å². The molecule has 0 saturated heterocycles. The van der Waals surface area contributed by atoms with Crippen molar-refractivity contribution in [1.82, 2.24) is 5.43 Å². The molecule has 0 fully saturated rings. The molecule has 0 bridgehead atoms. The lowest BCUT2D eigenvalue weighted by Gasteiger charge is -2.02. The normalized spacial score (nSPS) is 9.17. The Balaban J connectivity index is 2.75. The van der Waals surface area contributed by atoms with Crippen LogP contribution in [0.25, 0.3) is 0 Å². The van der Waals surface area contributed by atoms with E-state index in [4.69, 9.17) is 5.84 Å². The van der Waals surface area contributed by atoms with Crippen molar-refractivity contribution in [3.8, 4) is 5.75 Å². The van der Waals surface area contributed by atoms with E-state index in [1.54, 1.807) is 11.5 Å². The van der Waals surface area contributed by atoms with Gasteiger partial charge in [0.25, 0.3) is 0 Å². The molecule has 0 aliphatic heterocycles. The summed E-state index contributed by atoms with van der Waals surface area (Å²) in [5.74, 6) is 3.96. The van der Waals surface area contributed by atoms with E-state index in [0.29, 0.717) is 0 Å². The van der Waals surface area contributed by atoms with E-state index in [1.165, 1.54) is 18.2 Å². The number of carbonyl (C=O) groups is 1. The van der Waals surface area contributed by atoms with Gasteiger partial charge in [-0.05, 0) is 12.1 Å². The average molecular weight is 170 g/mol. The van der Waals surface area contributed by atoms with Crippen molar-refractivity contribution in [2.24, 2.45) is 5.84 Å². The molecule has 0 heterocycles. The highest BCUT2D eigenvalue weighted by Crippen LogP contribution is 2.14. The summed E-state index contributed by atoms with van der Waals surface area (Å²) in [7, 11) is 0. The first-order chi connectivity index (χ1) is 5.74. The fraction of sp³-hybridized carbons (Fsp3) is 0. The van der Waals surface area contributed by atoms with Crippen LogP contribution in [0.5, 0.6) is 5.75 Å². The minimum absolute atomic E-state index is 0.152. The first-order valence-electron chi connectivity index (χ1n) is 3.17. The number of hydrogen-bond donors (Lipinski definition) is 2. The van der Waals surface area contributed by atoms with Crippen molar-refractivity contribution < 1.29 is 13.9 Å². The largest absolute Gasteiger partial charge is 0.426 e. The molecule has 0 saturated carbocycles. The van der Waals surface area contributed by atoms with Gasteiger partial charge in [-0.1, -0.05) is 12.1 Å². The Bertz CT molecular complexity index is 290. The van der Waals surface area contributed by atoms with Crippen LogP contribution < -0.4 is 16.0 Å². The number of hydrogen-bond acceptors (Lipinski definition) is 3. The Labute approximate surface area is 68.1 Å². The van der Waals surface area contributed by atoms with Crippen LogP contribution >= 0.6 is 0 Å². The number of halogens is 1. The zero-order valence-electron chi connectivity index (χ0n) is 6.08. The molecule has 0 atom stereocenters. The predicted molar refractivity (Wildman–Crippen MR) is 39.7 cm³/mol. The number of carbonyl (C=O) groups excluding carboxylic acids is 1. The van der Waals surface area contributed by atoms with Crippen LogP contribution in [0.1, 0.15) is 0 Å². The van der Waals surface area contributed by atoms with Gasteiger partial charge in [-0.3, -0.25) is 5.43 Å². The van der Waals surface area contributed by atoms with Gasteiger partial charge in [0, 0.05) is 0 Å². The number of nitrogens with one attached hydrogen (secondary N) is 1. The van der Waals surface area contributed by atoms with E-state index in [0.717, 1.165) is 0 Å². The van der Waals surface area contributed by atoms with Crippen LogP contribution in [-0.2, 0) is 0 Å². The lowest BCUT2D eigenvalue weighted by atomic mass is 10.3. The zero-order chi connectivity index (χ0) is 8.97. The molecule has 64 valence electrons. The molecule has 0 unspecified atom stereocenters. The van der Waals surface area contributed by atoms with Crippen molar-refractivity contribution in [2.75, 3.05) is 0 Å². The van der Waals surface area contributed by atoms with E-state index >= 15 is 0 Å². The number of para-hydroxylation sites is 1. The van der Waals surface area contributed by atoms with Crippen LogP contribution in [0.3, 0.4) is 0 Å². The van der Waals surface area contributed by atoms with Gasteiger partial charge in [-0.15, -0.1) is 0 Å². The minimum Gasteiger partial charge on any atom is -0.406 e. The van der Waals surface area contributed by atoms with Gasteiger partial charge in [0.1, 0.15) is 0 Å². The Kier molecular flexibility index (Phi) is 2.60. The summed E-state index contributed by atoms with van der Waals surface area (Å²) < 4.78 is 17.2. The second kappa shape index (κ2) is 3.68. The molecule has 0 spiro atoms. The van der Waals surface area contributed by atoms with Crippen LogP contribution in [0.2, 0.25) is 0 Å². The monoisotopic (exact) mass is 170 g/mol. The molecule has 5 heteroatoms. The highest BCUT2D eigenvalue weighted by Gasteiger charge is 2.05. The molecule has 1 aromatic rings. The van der Waals surface area contributed by atoms with Gasteiger partial charge in [-0.25, -0.2) is 15.0 Å². The predicted octanol–water partition coefficient (Wildman–Crippen LogP) is 0.788. The molecule has 0 aromatic heterocycles. The smallest absolute Gasteiger partial charge is 0.406 e. The number of rotatable bonds is 1. The lowest BCUT2D eigenvalue weighted by Crippen LogP contribution is -2.32. The Morgan fingerprint density at radius 1 is 1.50 bits per heavy atom. The molecule has 1 amide bonds. The second-order valence-electron chi connectivity index (χ2n) is 1.96. The second-order valence-corrected chi connectivity index (χ2v) is 1.96. The number of hydrazine groups is 1. The maximum atomic E-state index is 12.7. The summed E-state index contributed by atoms with van der Waals surface area (Å²) in [6, 6.07) is 5.54. The van der Waals surface area contributed by atoms with Gasteiger partial charge in [-0.2, -0.15) is 0 Å². The van der Waals surface area contributed by atoms with Gasteiger partial charge in [0.2, 0.25) is 0 Å². The molecule has 3 N–H and O–H groups in total. The highest BCUT2D eigenvalue weighted by molar-refractivity contribution is 5.69. The summed E-state index contributed by atoms with van der Waals surface area (Å²) in [5.41, 5.74) is 1.71. The highest BCUT2D eigenvalue weighted by atomic mass is 19.1. The van der Waals surface area contributed by atoms with Crippen LogP contribution in [0.15, 0.2) is 24.3 Å². The molecule has 0 radical (unpaired) electrons. The van der Waals surface area contributed by atoms with E-state index in [-0.39, 0.29) is 5.75 Å². The fourth-order valence-corrected chi connectivity index (χ4v) is 0.657. The quantitative estimate of drug-likeness (QED) is 0.372. The summed E-state index contributed by atoms with van der Waals surface area (Å²) in [6.07, 6.45) is -0.903. The van der Waals surface area contributed by atoms with E-state index in [2.05, 4.69) is 4.74 Å². The molecular weight excluding hydrogens is 163 g/mol. The number of benzene rings is 1. The van der Waals surface area contributed by atoms with Gasteiger partial charge in [0.05, 0.1) is 0 Å². The van der Waals surface area contributed by atoms with Crippen molar-refractivity contribution in [1.29, 1.82) is 0 Å². The molecule has 1 aromatic carbocycles. The van der Waals surface area contributed by atoms with Crippen molar-refractivity contribution in [2.45, 2.75) is 0 Å². The maximum Gasteiger partial charge on any atom is 0.426 e. The third-order valence-corrected chi connectivity index (χ3v) is 1.16. The molecule has 4 nitrogen and oxygen atoms in total. The fourth-order valence-electron chi connectivity index (χ4n) is 0.657. The first kappa shape index (κ1) is 8.48. The number of amides is 1. The summed E-state index contributed by atoms with van der Waals surface area (Å²) >= 11 is 0. The lowest BCUT2D eigenvalue weighted by molar-refractivity contribution is 0.198. The Hall–Kier alpha value is -1.62. The molecule has 12 heavy (non-hydrogen) atoms.